The molecule has 4 heteroatoms. The first kappa shape index (κ1) is 11.3. The molecule has 0 spiro atoms. The van der Waals surface area contributed by atoms with Gasteiger partial charge in [-0.15, -0.1) is 0 Å². The van der Waals surface area contributed by atoms with E-state index in [-0.39, 0.29) is 11.9 Å². The van der Waals surface area contributed by atoms with E-state index in [0.717, 1.165) is 23.8 Å². The molecule has 86 valence electrons. The molecule has 0 fully saturated rings. The summed E-state index contributed by atoms with van der Waals surface area (Å²) >= 11 is 0. The number of carbonyl (C=O) groups is 1. The van der Waals surface area contributed by atoms with Crippen molar-refractivity contribution < 1.29 is 14.3 Å². The molecule has 0 amide bonds. The Hall–Kier alpha value is -2.19. The van der Waals surface area contributed by atoms with Gasteiger partial charge in [-0.05, 0) is 24.1 Å². The molecule has 1 aliphatic heterocycles. The van der Waals surface area contributed by atoms with E-state index in [1.807, 2.05) is 13.0 Å². The number of ether oxygens (including phenoxy) is 1. The Morgan fingerprint density at radius 2 is 2.41 bits per heavy atom. The predicted molar refractivity (Wildman–Crippen MR) is 63.4 cm³/mol. The summed E-state index contributed by atoms with van der Waals surface area (Å²) in [4.78, 5) is 14.2. The Balaban J connectivity index is 2.29. The summed E-state index contributed by atoms with van der Waals surface area (Å²) in [5.74, 6) is 0.355. The number of hydrogen-bond donors (Lipinski definition) is 0. The molecule has 0 bridgehead atoms. The highest BCUT2D eigenvalue weighted by Gasteiger charge is 2.24. The monoisotopic (exact) mass is 228 g/mol. The smallest absolute Gasteiger partial charge is 0.328 e. The molecule has 0 aliphatic carbocycles. The van der Waals surface area contributed by atoms with Crippen molar-refractivity contribution in [3.63, 3.8) is 0 Å². The number of ketones is 1. The van der Waals surface area contributed by atoms with Gasteiger partial charge in [0, 0.05) is 12.0 Å². The van der Waals surface area contributed by atoms with Crippen molar-refractivity contribution in [3.05, 3.63) is 47.0 Å². The largest absolute Gasteiger partial charge is 0.485 e. The van der Waals surface area contributed by atoms with E-state index in [9.17, 15) is 4.79 Å². The minimum absolute atomic E-state index is 0.0122. The van der Waals surface area contributed by atoms with E-state index >= 15 is 0 Å². The maximum absolute atomic E-state index is 11.5. The van der Waals surface area contributed by atoms with E-state index in [2.05, 4.69) is 11.4 Å². The number of fused-ring (bicyclic) bond motifs is 1. The molecule has 2 rings (SSSR count). The molecular weight excluding hydrogens is 216 g/mol. The predicted octanol–water partition coefficient (Wildman–Crippen LogP) is 2.05. The van der Waals surface area contributed by atoms with E-state index in [0.29, 0.717) is 11.3 Å². The van der Waals surface area contributed by atoms with Crippen molar-refractivity contribution >= 4 is 12.0 Å². The zero-order valence-electron chi connectivity index (χ0n) is 9.51. The molecule has 1 atom stereocenters. The first-order valence-corrected chi connectivity index (χ1v) is 5.28. The number of benzene rings is 1. The van der Waals surface area contributed by atoms with Gasteiger partial charge in [0.1, 0.15) is 11.9 Å². The second kappa shape index (κ2) is 4.36. The third-order valence-corrected chi connectivity index (χ3v) is 2.75. The topological polar surface area (TPSA) is 62.7 Å². The molecule has 0 N–H and O–H groups in total. The normalized spacial score (nSPS) is 16.6. The van der Waals surface area contributed by atoms with E-state index in [1.54, 1.807) is 12.1 Å². The lowest BCUT2D eigenvalue weighted by atomic mass is 10.0. The van der Waals surface area contributed by atoms with E-state index in [1.165, 1.54) is 0 Å². The van der Waals surface area contributed by atoms with E-state index < -0.39 is 0 Å². The van der Waals surface area contributed by atoms with Crippen LogP contribution >= 0.6 is 0 Å². The number of rotatable bonds is 3. The van der Waals surface area contributed by atoms with Gasteiger partial charge >= 0.3 is 6.21 Å². The molecule has 0 radical (unpaired) electrons. The zero-order valence-corrected chi connectivity index (χ0v) is 9.51. The van der Waals surface area contributed by atoms with Crippen molar-refractivity contribution in [1.82, 2.24) is 0 Å². The SMILES string of the molecule is C=C(C)C1Cc2ccc(C(=O)C=[N+]=[N-])cc2O1. The average molecular weight is 228 g/mol. The Kier molecular flexibility index (Phi) is 2.90. The zero-order chi connectivity index (χ0) is 12.4. The van der Waals surface area contributed by atoms with Crippen molar-refractivity contribution in [1.29, 1.82) is 0 Å². The van der Waals surface area contributed by atoms with Crippen LogP contribution in [0.15, 0.2) is 30.4 Å². The lowest BCUT2D eigenvalue weighted by Gasteiger charge is -2.09. The number of nitrogens with zero attached hydrogens (tertiary/aromatic N) is 2. The summed E-state index contributed by atoms with van der Waals surface area (Å²) in [6.45, 7) is 5.78. The second-order valence-corrected chi connectivity index (χ2v) is 4.09. The Labute approximate surface area is 99.1 Å². The van der Waals surface area contributed by atoms with Crippen molar-refractivity contribution in [3.8, 4) is 5.75 Å². The molecule has 0 saturated heterocycles. The summed E-state index contributed by atoms with van der Waals surface area (Å²) in [6, 6.07) is 5.23. The molecule has 4 nitrogen and oxygen atoms in total. The van der Waals surface area contributed by atoms with Crippen LogP contribution in [0.25, 0.3) is 5.53 Å². The van der Waals surface area contributed by atoms with Gasteiger partial charge in [-0.25, -0.2) is 0 Å². The highest BCUT2D eigenvalue weighted by molar-refractivity contribution is 6.33. The van der Waals surface area contributed by atoms with Gasteiger partial charge in [0.05, 0.1) is 0 Å². The van der Waals surface area contributed by atoms with Gasteiger partial charge in [-0.2, -0.15) is 4.79 Å². The standard InChI is InChI=1S/C13H12N2O2/c1-8(2)12-6-10-4-3-9(5-13(10)17-12)11(16)7-15-14/h3-5,7,12H,1,6H2,2H3. The summed E-state index contributed by atoms with van der Waals surface area (Å²) in [5, 5.41) is 0. The lowest BCUT2D eigenvalue weighted by Crippen LogP contribution is -2.13. The summed E-state index contributed by atoms with van der Waals surface area (Å²) < 4.78 is 5.68. The summed E-state index contributed by atoms with van der Waals surface area (Å²) in [5.41, 5.74) is 10.8. The van der Waals surface area contributed by atoms with Crippen LogP contribution in [0, 0.1) is 0 Å². The third kappa shape index (κ3) is 2.17. The van der Waals surface area contributed by atoms with Crippen LogP contribution in [-0.2, 0) is 6.42 Å². The van der Waals surface area contributed by atoms with Crippen molar-refractivity contribution in [2.75, 3.05) is 0 Å². The third-order valence-electron chi connectivity index (χ3n) is 2.75. The number of carbonyl (C=O) groups excluding carboxylic acids is 1. The molecule has 1 aliphatic rings. The molecule has 17 heavy (non-hydrogen) atoms. The molecule has 1 aromatic rings. The number of Topliss-reactive ketones (excluding diaryl/α,β-unsaturated/α-hetero) is 1. The van der Waals surface area contributed by atoms with Crippen LogP contribution in [0.5, 0.6) is 5.75 Å². The molecule has 0 aromatic heterocycles. The fraction of sp³-hybridized carbons (Fsp3) is 0.231. The Morgan fingerprint density at radius 1 is 1.65 bits per heavy atom. The fourth-order valence-corrected chi connectivity index (χ4v) is 1.78. The highest BCUT2D eigenvalue weighted by Crippen LogP contribution is 2.31. The highest BCUT2D eigenvalue weighted by atomic mass is 16.5. The van der Waals surface area contributed by atoms with Crippen LogP contribution in [0.3, 0.4) is 0 Å². The molecule has 1 aromatic carbocycles. The second-order valence-electron chi connectivity index (χ2n) is 4.09. The molecule has 0 saturated carbocycles. The molecule has 1 unspecified atom stereocenters. The number of hydrogen-bond acceptors (Lipinski definition) is 2. The maximum atomic E-state index is 11.5. The van der Waals surface area contributed by atoms with Gasteiger partial charge in [0.25, 0.3) is 5.78 Å². The summed E-state index contributed by atoms with van der Waals surface area (Å²) in [7, 11) is 0. The van der Waals surface area contributed by atoms with Gasteiger partial charge in [-0.1, -0.05) is 18.7 Å². The fourth-order valence-electron chi connectivity index (χ4n) is 1.78. The maximum Gasteiger partial charge on any atom is 0.328 e. The lowest BCUT2D eigenvalue weighted by molar-refractivity contribution is 0.00235. The van der Waals surface area contributed by atoms with Gasteiger partial charge in [0.15, 0.2) is 0 Å². The minimum atomic E-state index is -0.349. The quantitative estimate of drug-likeness (QED) is 0.261. The Bertz CT molecular complexity index is 542. The first-order chi connectivity index (χ1) is 8.11. The van der Waals surface area contributed by atoms with Crippen LogP contribution < -0.4 is 4.74 Å². The molecular formula is C13H12N2O2. The van der Waals surface area contributed by atoms with Crippen molar-refractivity contribution in [2.24, 2.45) is 0 Å². The van der Waals surface area contributed by atoms with Crippen LogP contribution in [-0.4, -0.2) is 22.9 Å². The van der Waals surface area contributed by atoms with E-state index in [4.69, 9.17) is 10.3 Å². The minimum Gasteiger partial charge on any atom is -0.485 e. The van der Waals surface area contributed by atoms with Crippen LogP contribution in [0.2, 0.25) is 0 Å². The van der Waals surface area contributed by atoms with Crippen LogP contribution in [0.1, 0.15) is 22.8 Å². The van der Waals surface area contributed by atoms with Gasteiger partial charge < -0.3 is 10.3 Å². The first-order valence-electron chi connectivity index (χ1n) is 5.28. The average Bonchev–Trinajstić information content (AvgIpc) is 2.71. The van der Waals surface area contributed by atoms with Crippen LogP contribution in [0.4, 0.5) is 0 Å². The van der Waals surface area contributed by atoms with Crippen molar-refractivity contribution in [2.45, 2.75) is 19.4 Å². The van der Waals surface area contributed by atoms with Gasteiger partial charge in [0.2, 0.25) is 0 Å². The molecule has 1 heterocycles. The Morgan fingerprint density at radius 3 is 3.06 bits per heavy atom. The summed E-state index contributed by atoms with van der Waals surface area (Å²) in [6.07, 6.45) is 1.64. The van der Waals surface area contributed by atoms with Gasteiger partial charge in [-0.3, -0.25) is 4.79 Å².